The monoisotopic (exact) mass is 193 g/mol. The summed E-state index contributed by atoms with van der Waals surface area (Å²) in [6, 6.07) is 7.66. The average molecular weight is 193 g/mol. The van der Waals surface area contributed by atoms with Crippen molar-refractivity contribution in [1.82, 2.24) is 0 Å². The fraction of sp³-hybridized carbons (Fsp3) is 0.364. The summed E-state index contributed by atoms with van der Waals surface area (Å²) in [4.78, 5) is 10.1. The van der Waals surface area contributed by atoms with Crippen LogP contribution in [0.2, 0.25) is 0 Å². The summed E-state index contributed by atoms with van der Waals surface area (Å²) in [6.45, 7) is 2.39. The molecule has 0 spiro atoms. The van der Waals surface area contributed by atoms with E-state index >= 15 is 0 Å². The number of benzene rings is 1. The van der Waals surface area contributed by atoms with Gasteiger partial charge in [0.1, 0.15) is 5.75 Å². The van der Waals surface area contributed by atoms with E-state index in [2.05, 4.69) is 0 Å². The van der Waals surface area contributed by atoms with Gasteiger partial charge in [0, 0.05) is 5.97 Å². The number of aryl methyl sites for hydroxylation is 1. The predicted molar refractivity (Wildman–Crippen MR) is 50.9 cm³/mol. The third kappa shape index (κ3) is 3.94. The lowest BCUT2D eigenvalue weighted by atomic mass is 10.2. The molecule has 0 radical (unpaired) electrons. The number of carboxylic acid groups (broad SMARTS) is 1. The van der Waals surface area contributed by atoms with Gasteiger partial charge in [0.25, 0.3) is 0 Å². The van der Waals surface area contributed by atoms with Gasteiger partial charge in [0.05, 0.1) is 6.61 Å². The molecule has 0 saturated carbocycles. The Balaban J connectivity index is 2.28. The molecule has 0 atom stereocenters. The van der Waals surface area contributed by atoms with Gasteiger partial charge in [-0.05, 0) is 37.5 Å². The Labute approximate surface area is 83.3 Å². The molecule has 0 aliphatic heterocycles. The minimum absolute atomic E-state index is 0.0474. The third-order valence-electron chi connectivity index (χ3n) is 1.78. The summed E-state index contributed by atoms with van der Waals surface area (Å²) in [5.74, 6) is -0.249. The molecule has 1 aromatic rings. The molecule has 0 amide bonds. The Hall–Kier alpha value is -1.51. The van der Waals surface area contributed by atoms with Gasteiger partial charge in [-0.1, -0.05) is 12.1 Å². The van der Waals surface area contributed by atoms with Crippen LogP contribution in [-0.2, 0) is 4.79 Å². The molecule has 0 bridgehead atoms. The van der Waals surface area contributed by atoms with Crippen LogP contribution >= 0.6 is 0 Å². The van der Waals surface area contributed by atoms with Gasteiger partial charge in [-0.2, -0.15) is 0 Å². The molecule has 0 heterocycles. The number of hydrogen-bond acceptors (Lipinski definition) is 3. The molecular formula is C11H13O3-. The lowest BCUT2D eigenvalue weighted by molar-refractivity contribution is -0.305. The van der Waals surface area contributed by atoms with Crippen LogP contribution in [0.5, 0.6) is 5.75 Å². The second kappa shape index (κ2) is 5.27. The molecule has 0 aliphatic carbocycles. The molecule has 1 rings (SSSR count). The minimum atomic E-state index is -1.03. The van der Waals surface area contributed by atoms with Gasteiger partial charge in [0.15, 0.2) is 0 Å². The number of carboxylic acids is 1. The zero-order valence-corrected chi connectivity index (χ0v) is 8.16. The van der Waals surface area contributed by atoms with E-state index in [0.29, 0.717) is 13.0 Å². The first-order valence-electron chi connectivity index (χ1n) is 4.58. The number of rotatable bonds is 5. The highest BCUT2D eigenvalue weighted by atomic mass is 16.5. The summed E-state index contributed by atoms with van der Waals surface area (Å²) in [5, 5.41) is 10.1. The summed E-state index contributed by atoms with van der Waals surface area (Å²) < 4.78 is 5.35. The summed E-state index contributed by atoms with van der Waals surface area (Å²) in [6.07, 6.45) is 0.530. The van der Waals surface area contributed by atoms with Gasteiger partial charge in [-0.25, -0.2) is 0 Å². The van der Waals surface area contributed by atoms with Crippen molar-refractivity contribution in [1.29, 1.82) is 0 Å². The van der Waals surface area contributed by atoms with Crippen LogP contribution in [0.15, 0.2) is 24.3 Å². The maximum Gasteiger partial charge on any atom is 0.119 e. The SMILES string of the molecule is Cc1cccc(OCCCC(=O)[O-])c1. The maximum absolute atomic E-state index is 10.1. The minimum Gasteiger partial charge on any atom is -0.550 e. The fourth-order valence-corrected chi connectivity index (χ4v) is 1.11. The van der Waals surface area contributed by atoms with Crippen molar-refractivity contribution in [3.05, 3.63) is 29.8 Å². The molecule has 0 fully saturated rings. The van der Waals surface area contributed by atoms with Crippen LogP contribution in [0.4, 0.5) is 0 Å². The average Bonchev–Trinajstić information content (AvgIpc) is 2.12. The highest BCUT2D eigenvalue weighted by molar-refractivity contribution is 5.64. The highest BCUT2D eigenvalue weighted by Gasteiger charge is 1.93. The normalized spacial score (nSPS) is 9.79. The van der Waals surface area contributed by atoms with Crippen LogP contribution in [-0.4, -0.2) is 12.6 Å². The first kappa shape index (κ1) is 10.6. The van der Waals surface area contributed by atoms with E-state index in [1.165, 1.54) is 0 Å². The Bertz CT molecular complexity index is 307. The van der Waals surface area contributed by atoms with E-state index in [4.69, 9.17) is 4.74 Å². The summed E-state index contributed by atoms with van der Waals surface area (Å²) in [7, 11) is 0. The van der Waals surface area contributed by atoms with E-state index in [0.717, 1.165) is 11.3 Å². The highest BCUT2D eigenvalue weighted by Crippen LogP contribution is 2.12. The number of ether oxygens (including phenoxy) is 1. The van der Waals surface area contributed by atoms with E-state index in [1.807, 2.05) is 31.2 Å². The van der Waals surface area contributed by atoms with Crippen molar-refractivity contribution >= 4 is 5.97 Å². The Kier molecular flexibility index (Phi) is 3.98. The maximum atomic E-state index is 10.1. The van der Waals surface area contributed by atoms with Crippen molar-refractivity contribution in [2.45, 2.75) is 19.8 Å². The van der Waals surface area contributed by atoms with E-state index in [-0.39, 0.29) is 6.42 Å². The van der Waals surface area contributed by atoms with Crippen molar-refractivity contribution in [2.24, 2.45) is 0 Å². The van der Waals surface area contributed by atoms with Crippen LogP contribution in [0.3, 0.4) is 0 Å². The van der Waals surface area contributed by atoms with Crippen LogP contribution in [0.25, 0.3) is 0 Å². The standard InChI is InChI=1S/C11H14O3/c1-9-4-2-5-10(8-9)14-7-3-6-11(12)13/h2,4-5,8H,3,6-7H2,1H3,(H,12,13)/p-1. The summed E-state index contributed by atoms with van der Waals surface area (Å²) >= 11 is 0. The van der Waals surface area contributed by atoms with Crippen LogP contribution in [0.1, 0.15) is 18.4 Å². The quantitative estimate of drug-likeness (QED) is 0.653. The van der Waals surface area contributed by atoms with Gasteiger partial charge in [-0.15, -0.1) is 0 Å². The second-order valence-corrected chi connectivity index (χ2v) is 3.14. The Morgan fingerprint density at radius 1 is 1.50 bits per heavy atom. The molecule has 0 N–H and O–H groups in total. The number of aliphatic carboxylic acids is 1. The third-order valence-corrected chi connectivity index (χ3v) is 1.78. The van der Waals surface area contributed by atoms with E-state index in [1.54, 1.807) is 0 Å². The molecule has 0 aliphatic rings. The lowest BCUT2D eigenvalue weighted by Crippen LogP contribution is -2.22. The molecule has 0 unspecified atom stereocenters. The second-order valence-electron chi connectivity index (χ2n) is 3.14. The lowest BCUT2D eigenvalue weighted by Gasteiger charge is -2.06. The van der Waals surface area contributed by atoms with Gasteiger partial charge in [-0.3, -0.25) is 0 Å². The zero-order chi connectivity index (χ0) is 10.4. The van der Waals surface area contributed by atoms with Gasteiger partial charge in [0.2, 0.25) is 0 Å². The smallest absolute Gasteiger partial charge is 0.119 e. The van der Waals surface area contributed by atoms with Crippen LogP contribution in [0, 0.1) is 6.92 Å². The van der Waals surface area contributed by atoms with E-state index < -0.39 is 5.97 Å². The van der Waals surface area contributed by atoms with E-state index in [9.17, 15) is 9.90 Å². The molecule has 3 nitrogen and oxygen atoms in total. The molecule has 14 heavy (non-hydrogen) atoms. The largest absolute Gasteiger partial charge is 0.550 e. The predicted octanol–water partition coefficient (Wildman–Crippen LogP) is 0.904. The first-order chi connectivity index (χ1) is 6.68. The van der Waals surface area contributed by atoms with Crippen molar-refractivity contribution < 1.29 is 14.6 Å². The molecular weight excluding hydrogens is 180 g/mol. The Morgan fingerprint density at radius 3 is 2.93 bits per heavy atom. The number of carbonyl (C=O) groups is 1. The number of carbonyl (C=O) groups excluding carboxylic acids is 1. The topological polar surface area (TPSA) is 49.4 Å². The van der Waals surface area contributed by atoms with Gasteiger partial charge < -0.3 is 14.6 Å². The molecule has 1 aromatic carbocycles. The summed E-state index contributed by atoms with van der Waals surface area (Å²) in [5.41, 5.74) is 1.13. The Morgan fingerprint density at radius 2 is 2.29 bits per heavy atom. The van der Waals surface area contributed by atoms with Crippen molar-refractivity contribution in [2.75, 3.05) is 6.61 Å². The molecule has 76 valence electrons. The van der Waals surface area contributed by atoms with Crippen molar-refractivity contribution in [3.8, 4) is 5.75 Å². The van der Waals surface area contributed by atoms with Crippen molar-refractivity contribution in [3.63, 3.8) is 0 Å². The number of hydrogen-bond donors (Lipinski definition) is 0. The van der Waals surface area contributed by atoms with Crippen LogP contribution < -0.4 is 9.84 Å². The molecule has 0 saturated heterocycles. The van der Waals surface area contributed by atoms with Gasteiger partial charge >= 0.3 is 0 Å². The zero-order valence-electron chi connectivity index (χ0n) is 8.16. The first-order valence-corrected chi connectivity index (χ1v) is 4.58. The molecule has 3 heteroatoms. The molecule has 0 aromatic heterocycles. The fourth-order valence-electron chi connectivity index (χ4n) is 1.11.